The fourth-order valence-electron chi connectivity index (χ4n) is 2.53. The van der Waals surface area contributed by atoms with E-state index in [9.17, 15) is 13.2 Å². The first-order valence-electron chi connectivity index (χ1n) is 8.58. The van der Waals surface area contributed by atoms with Crippen LogP contribution in [0.3, 0.4) is 0 Å². The molecule has 26 heavy (non-hydrogen) atoms. The highest BCUT2D eigenvalue weighted by atomic mass is 32.2. The molecular formula is C20H25NO3S2. The summed E-state index contributed by atoms with van der Waals surface area (Å²) in [6.07, 6.45) is 2.37. The summed E-state index contributed by atoms with van der Waals surface area (Å²) in [4.78, 5) is 13.7. The van der Waals surface area contributed by atoms with Crippen LogP contribution in [0, 0.1) is 6.92 Å². The van der Waals surface area contributed by atoms with E-state index in [2.05, 4.69) is 36.5 Å². The minimum atomic E-state index is -3.21. The number of thioether (sulfide) groups is 1. The number of nitrogens with one attached hydrogen (secondary N) is 1. The number of aryl methyl sites for hydroxylation is 1. The average molecular weight is 392 g/mol. The Kier molecular flexibility index (Phi) is 7.29. The van der Waals surface area contributed by atoms with Crippen LogP contribution < -0.4 is 5.32 Å². The van der Waals surface area contributed by atoms with Gasteiger partial charge in [0.2, 0.25) is 5.91 Å². The lowest BCUT2D eigenvalue weighted by atomic mass is 10.0. The van der Waals surface area contributed by atoms with Crippen molar-refractivity contribution in [2.45, 2.75) is 42.5 Å². The standard InChI is InChI=1S/C20H25NO3S2/c1-4-19(16-7-11-18(12-8-16)26(3,23)24)21-20(22)13-14-25-17-9-5-15(2)6-10-17/h5-12,19H,4,13-14H2,1-3H3,(H,21,22)/t19-/m1/s1. The number of carbonyl (C=O) groups excluding carboxylic acids is 1. The third-order valence-corrected chi connectivity index (χ3v) is 6.22. The predicted octanol–water partition coefficient (Wildman–Crippen LogP) is 4.15. The zero-order valence-electron chi connectivity index (χ0n) is 15.4. The Morgan fingerprint density at radius 1 is 1.08 bits per heavy atom. The minimum Gasteiger partial charge on any atom is -0.349 e. The second-order valence-corrected chi connectivity index (χ2v) is 9.47. The molecule has 0 unspecified atom stereocenters. The Morgan fingerprint density at radius 3 is 2.23 bits per heavy atom. The molecule has 6 heteroatoms. The summed E-state index contributed by atoms with van der Waals surface area (Å²) in [6, 6.07) is 14.9. The average Bonchev–Trinajstić information content (AvgIpc) is 2.61. The molecule has 1 amide bonds. The molecule has 0 saturated carbocycles. The highest BCUT2D eigenvalue weighted by molar-refractivity contribution is 7.99. The fourth-order valence-corrected chi connectivity index (χ4v) is 4.01. The maximum Gasteiger partial charge on any atom is 0.221 e. The van der Waals surface area contributed by atoms with Crippen LogP contribution in [-0.4, -0.2) is 26.3 Å². The monoisotopic (exact) mass is 391 g/mol. The second-order valence-electron chi connectivity index (χ2n) is 6.28. The van der Waals surface area contributed by atoms with E-state index in [0.29, 0.717) is 6.42 Å². The van der Waals surface area contributed by atoms with E-state index in [-0.39, 0.29) is 16.8 Å². The number of rotatable bonds is 8. The Hall–Kier alpha value is -1.79. The number of carbonyl (C=O) groups is 1. The molecule has 4 nitrogen and oxygen atoms in total. The normalized spacial score (nSPS) is 12.6. The first-order chi connectivity index (χ1) is 12.3. The van der Waals surface area contributed by atoms with E-state index in [0.717, 1.165) is 22.6 Å². The Morgan fingerprint density at radius 2 is 1.69 bits per heavy atom. The lowest BCUT2D eigenvalue weighted by Crippen LogP contribution is -2.28. The molecule has 0 heterocycles. The van der Waals surface area contributed by atoms with Gasteiger partial charge in [0.1, 0.15) is 0 Å². The van der Waals surface area contributed by atoms with Crippen LogP contribution in [0.1, 0.15) is 36.9 Å². The Bertz CT molecular complexity index is 828. The largest absolute Gasteiger partial charge is 0.349 e. The molecule has 2 rings (SSSR count). The SMILES string of the molecule is CC[C@@H](NC(=O)CCSc1ccc(C)cc1)c1ccc(S(C)(=O)=O)cc1. The van der Waals surface area contributed by atoms with Gasteiger partial charge in [0, 0.05) is 23.3 Å². The van der Waals surface area contributed by atoms with Crippen LogP contribution in [0.25, 0.3) is 0 Å². The van der Waals surface area contributed by atoms with Gasteiger partial charge in [-0.3, -0.25) is 4.79 Å². The van der Waals surface area contributed by atoms with Gasteiger partial charge in [-0.25, -0.2) is 8.42 Å². The third kappa shape index (κ3) is 6.18. The predicted molar refractivity (Wildman–Crippen MR) is 107 cm³/mol. The van der Waals surface area contributed by atoms with Crippen molar-refractivity contribution in [3.63, 3.8) is 0 Å². The van der Waals surface area contributed by atoms with E-state index in [1.54, 1.807) is 36.0 Å². The fraction of sp³-hybridized carbons (Fsp3) is 0.350. The summed E-state index contributed by atoms with van der Waals surface area (Å²) < 4.78 is 23.1. The number of hydrogen-bond donors (Lipinski definition) is 1. The van der Waals surface area contributed by atoms with Gasteiger partial charge < -0.3 is 5.32 Å². The summed E-state index contributed by atoms with van der Waals surface area (Å²) in [5, 5.41) is 3.03. The molecule has 0 aromatic heterocycles. The van der Waals surface area contributed by atoms with Crippen LogP contribution in [0.15, 0.2) is 58.3 Å². The first kappa shape index (κ1) is 20.5. The van der Waals surface area contributed by atoms with Crippen LogP contribution >= 0.6 is 11.8 Å². The molecule has 1 atom stereocenters. The van der Waals surface area contributed by atoms with E-state index in [1.165, 1.54) is 11.8 Å². The second kappa shape index (κ2) is 9.24. The van der Waals surface area contributed by atoms with Crippen LogP contribution in [0.2, 0.25) is 0 Å². The summed E-state index contributed by atoms with van der Waals surface area (Å²) in [7, 11) is -3.21. The van der Waals surface area contributed by atoms with Gasteiger partial charge in [0.05, 0.1) is 10.9 Å². The molecule has 0 aliphatic heterocycles. The highest BCUT2D eigenvalue weighted by Gasteiger charge is 2.14. The Labute approximate surface area is 160 Å². The molecule has 0 saturated heterocycles. The zero-order chi connectivity index (χ0) is 19.2. The van der Waals surface area contributed by atoms with Crippen molar-refractivity contribution in [3.05, 3.63) is 59.7 Å². The molecule has 0 spiro atoms. The van der Waals surface area contributed by atoms with Gasteiger partial charge in [-0.05, 0) is 43.2 Å². The third-order valence-electron chi connectivity index (χ3n) is 4.07. The molecule has 2 aromatic carbocycles. The van der Waals surface area contributed by atoms with Gasteiger partial charge >= 0.3 is 0 Å². The first-order valence-corrected chi connectivity index (χ1v) is 11.5. The van der Waals surface area contributed by atoms with Crippen molar-refractivity contribution in [2.24, 2.45) is 0 Å². The number of amides is 1. The summed E-state index contributed by atoms with van der Waals surface area (Å²) in [5.41, 5.74) is 2.14. The maximum absolute atomic E-state index is 12.2. The lowest BCUT2D eigenvalue weighted by molar-refractivity contribution is -0.121. The molecule has 140 valence electrons. The molecule has 0 aliphatic carbocycles. The molecule has 0 aliphatic rings. The van der Waals surface area contributed by atoms with E-state index < -0.39 is 9.84 Å². The van der Waals surface area contributed by atoms with Gasteiger partial charge in [0.25, 0.3) is 0 Å². The van der Waals surface area contributed by atoms with Crippen molar-refractivity contribution >= 4 is 27.5 Å². The van der Waals surface area contributed by atoms with Gasteiger partial charge in [-0.2, -0.15) is 0 Å². The zero-order valence-corrected chi connectivity index (χ0v) is 17.0. The van der Waals surface area contributed by atoms with Crippen molar-refractivity contribution < 1.29 is 13.2 Å². The molecule has 1 N–H and O–H groups in total. The maximum atomic E-state index is 12.2. The molecule has 0 radical (unpaired) electrons. The Balaban J connectivity index is 1.88. The summed E-state index contributed by atoms with van der Waals surface area (Å²) in [5.74, 6) is 0.724. The topological polar surface area (TPSA) is 63.2 Å². The number of hydrogen-bond acceptors (Lipinski definition) is 4. The van der Waals surface area contributed by atoms with Gasteiger partial charge in [0.15, 0.2) is 9.84 Å². The van der Waals surface area contributed by atoms with Crippen molar-refractivity contribution in [1.29, 1.82) is 0 Å². The van der Waals surface area contributed by atoms with E-state index in [4.69, 9.17) is 0 Å². The smallest absolute Gasteiger partial charge is 0.221 e. The van der Waals surface area contributed by atoms with Gasteiger partial charge in [-0.1, -0.05) is 36.8 Å². The van der Waals surface area contributed by atoms with Crippen molar-refractivity contribution in [2.75, 3.05) is 12.0 Å². The summed E-state index contributed by atoms with van der Waals surface area (Å²) in [6.45, 7) is 4.05. The molecule has 0 fully saturated rings. The lowest BCUT2D eigenvalue weighted by Gasteiger charge is -2.18. The summed E-state index contributed by atoms with van der Waals surface area (Å²) >= 11 is 1.67. The van der Waals surface area contributed by atoms with E-state index >= 15 is 0 Å². The van der Waals surface area contributed by atoms with Crippen LogP contribution in [0.5, 0.6) is 0 Å². The molecule has 0 bridgehead atoms. The molecular weight excluding hydrogens is 366 g/mol. The molecule has 2 aromatic rings. The van der Waals surface area contributed by atoms with Crippen LogP contribution in [-0.2, 0) is 14.6 Å². The number of benzene rings is 2. The quantitative estimate of drug-likeness (QED) is 0.687. The van der Waals surface area contributed by atoms with Crippen LogP contribution in [0.4, 0.5) is 0 Å². The highest BCUT2D eigenvalue weighted by Crippen LogP contribution is 2.21. The van der Waals surface area contributed by atoms with Gasteiger partial charge in [-0.15, -0.1) is 11.8 Å². The number of sulfone groups is 1. The van der Waals surface area contributed by atoms with Crippen molar-refractivity contribution in [3.8, 4) is 0 Å². The minimum absolute atomic E-state index is 0.00338. The van der Waals surface area contributed by atoms with E-state index in [1.807, 2.05) is 6.92 Å². The van der Waals surface area contributed by atoms with Crippen molar-refractivity contribution in [1.82, 2.24) is 5.32 Å².